The lowest BCUT2D eigenvalue weighted by Gasteiger charge is -2.13. The zero-order valence-electron chi connectivity index (χ0n) is 15.1. The van der Waals surface area contributed by atoms with Crippen LogP contribution in [-0.4, -0.2) is 9.66 Å². The van der Waals surface area contributed by atoms with Gasteiger partial charge in [0.15, 0.2) is 11.6 Å². The molecule has 2 heterocycles. The van der Waals surface area contributed by atoms with Crippen LogP contribution < -0.4 is 11.0 Å². The molecular formula is C23H15F2N3O. The number of rotatable bonds is 3. The molecule has 5 rings (SSSR count). The summed E-state index contributed by atoms with van der Waals surface area (Å²) in [6.45, 7) is 0. The molecule has 3 aromatic carbocycles. The van der Waals surface area contributed by atoms with E-state index in [0.29, 0.717) is 22.1 Å². The summed E-state index contributed by atoms with van der Waals surface area (Å²) in [5, 5.41) is 1.32. The number of halogens is 2. The lowest BCUT2D eigenvalue weighted by Crippen LogP contribution is -2.25. The van der Waals surface area contributed by atoms with Crippen molar-refractivity contribution in [2.45, 2.75) is 0 Å². The van der Waals surface area contributed by atoms with Crippen molar-refractivity contribution in [3.8, 4) is 11.1 Å². The van der Waals surface area contributed by atoms with Crippen molar-refractivity contribution in [1.29, 1.82) is 0 Å². The normalized spacial score (nSPS) is 11.2. The average Bonchev–Trinajstić information content (AvgIpc) is 3.12. The maximum absolute atomic E-state index is 13.7. The quantitative estimate of drug-likeness (QED) is 0.441. The zero-order valence-corrected chi connectivity index (χ0v) is 15.1. The van der Waals surface area contributed by atoms with Crippen LogP contribution in [-0.2, 0) is 0 Å². The minimum atomic E-state index is -0.946. The molecule has 0 fully saturated rings. The predicted molar refractivity (Wildman–Crippen MR) is 111 cm³/mol. The molecule has 0 saturated heterocycles. The van der Waals surface area contributed by atoms with Crippen molar-refractivity contribution in [3.05, 3.63) is 101 Å². The Bertz CT molecular complexity index is 1420. The van der Waals surface area contributed by atoms with Gasteiger partial charge in [-0.25, -0.2) is 13.5 Å². The van der Waals surface area contributed by atoms with Gasteiger partial charge in [0, 0.05) is 29.1 Å². The fourth-order valence-corrected chi connectivity index (χ4v) is 3.50. The van der Waals surface area contributed by atoms with Gasteiger partial charge in [-0.1, -0.05) is 36.4 Å². The number of aromatic amines is 1. The van der Waals surface area contributed by atoms with Crippen molar-refractivity contribution in [2.75, 3.05) is 5.43 Å². The number of H-pyrrole nitrogens is 1. The summed E-state index contributed by atoms with van der Waals surface area (Å²) in [6, 6.07) is 21.2. The topological polar surface area (TPSA) is 49.8 Å². The Hall–Kier alpha value is -3.93. The SMILES string of the molecule is O=c1ccc2cc(-c3ccccc3)ccc2n1Nc1c[nH]c2cc(F)c(F)cc12. The highest BCUT2D eigenvalue weighted by molar-refractivity contribution is 5.93. The van der Waals surface area contributed by atoms with E-state index >= 15 is 0 Å². The fourth-order valence-electron chi connectivity index (χ4n) is 3.50. The molecule has 29 heavy (non-hydrogen) atoms. The molecule has 0 atom stereocenters. The van der Waals surface area contributed by atoms with Gasteiger partial charge >= 0.3 is 0 Å². The molecule has 0 unspecified atom stereocenters. The van der Waals surface area contributed by atoms with E-state index in [1.54, 1.807) is 12.3 Å². The molecule has 142 valence electrons. The van der Waals surface area contributed by atoms with Crippen LogP contribution in [0.2, 0.25) is 0 Å². The third-order valence-electron chi connectivity index (χ3n) is 4.96. The standard InChI is InChI=1S/C23H15F2N3O/c24-18-11-17-20(12-19(18)25)26-13-21(17)27-28-22-8-6-15(14-4-2-1-3-5-14)10-16(22)7-9-23(28)29/h1-13,26-27H. The Kier molecular flexibility index (Phi) is 3.91. The number of nitrogens with zero attached hydrogens (tertiary/aromatic N) is 1. The molecule has 0 amide bonds. The summed E-state index contributed by atoms with van der Waals surface area (Å²) in [7, 11) is 0. The van der Waals surface area contributed by atoms with Crippen LogP contribution in [0.3, 0.4) is 0 Å². The van der Waals surface area contributed by atoms with Gasteiger partial charge in [-0.3, -0.25) is 10.2 Å². The van der Waals surface area contributed by atoms with E-state index in [0.717, 1.165) is 28.6 Å². The molecule has 5 aromatic rings. The zero-order chi connectivity index (χ0) is 20.0. The van der Waals surface area contributed by atoms with Crippen LogP contribution >= 0.6 is 0 Å². The van der Waals surface area contributed by atoms with Gasteiger partial charge < -0.3 is 4.98 Å². The molecule has 6 heteroatoms. The number of nitrogens with one attached hydrogen (secondary N) is 2. The number of hydrogen-bond acceptors (Lipinski definition) is 2. The van der Waals surface area contributed by atoms with E-state index in [1.807, 2.05) is 48.5 Å². The lowest BCUT2D eigenvalue weighted by atomic mass is 10.0. The van der Waals surface area contributed by atoms with E-state index in [4.69, 9.17) is 0 Å². The summed E-state index contributed by atoms with van der Waals surface area (Å²) < 4.78 is 28.6. The highest BCUT2D eigenvalue weighted by Gasteiger charge is 2.11. The second-order valence-electron chi connectivity index (χ2n) is 6.77. The number of fused-ring (bicyclic) bond motifs is 2. The van der Waals surface area contributed by atoms with Gasteiger partial charge in [0.05, 0.1) is 16.7 Å². The lowest BCUT2D eigenvalue weighted by molar-refractivity contribution is 0.511. The minimum Gasteiger partial charge on any atom is -0.359 e. The predicted octanol–water partition coefficient (Wildman–Crippen LogP) is 5.30. The molecule has 0 aliphatic heterocycles. The second-order valence-corrected chi connectivity index (χ2v) is 6.77. The van der Waals surface area contributed by atoms with E-state index in [1.165, 1.54) is 10.7 Å². The first-order chi connectivity index (χ1) is 14.1. The van der Waals surface area contributed by atoms with Gasteiger partial charge in [-0.2, -0.15) is 0 Å². The molecule has 0 spiro atoms. The number of aromatic nitrogens is 2. The Morgan fingerprint density at radius 3 is 2.45 bits per heavy atom. The van der Waals surface area contributed by atoms with E-state index in [-0.39, 0.29) is 5.56 Å². The van der Waals surface area contributed by atoms with Gasteiger partial charge in [-0.15, -0.1) is 0 Å². The van der Waals surface area contributed by atoms with Crippen LogP contribution in [0.25, 0.3) is 32.9 Å². The molecule has 2 N–H and O–H groups in total. The molecule has 0 radical (unpaired) electrons. The van der Waals surface area contributed by atoms with Gasteiger partial charge in [0.25, 0.3) is 5.56 Å². The highest BCUT2D eigenvalue weighted by Crippen LogP contribution is 2.27. The molecule has 4 nitrogen and oxygen atoms in total. The smallest absolute Gasteiger partial charge is 0.269 e. The van der Waals surface area contributed by atoms with E-state index < -0.39 is 11.6 Å². The van der Waals surface area contributed by atoms with E-state index in [2.05, 4.69) is 10.4 Å². The van der Waals surface area contributed by atoms with Crippen molar-refractivity contribution in [2.24, 2.45) is 0 Å². The maximum atomic E-state index is 13.7. The first-order valence-corrected chi connectivity index (χ1v) is 9.04. The first-order valence-electron chi connectivity index (χ1n) is 9.04. The van der Waals surface area contributed by atoms with Crippen LogP contribution in [0.1, 0.15) is 0 Å². The van der Waals surface area contributed by atoms with Crippen LogP contribution in [0, 0.1) is 11.6 Å². The Morgan fingerprint density at radius 1 is 0.828 bits per heavy atom. The summed E-state index contributed by atoms with van der Waals surface area (Å²) in [5.74, 6) is -1.88. The van der Waals surface area contributed by atoms with Crippen molar-refractivity contribution < 1.29 is 8.78 Å². The van der Waals surface area contributed by atoms with E-state index in [9.17, 15) is 13.6 Å². The number of hydrogen-bond donors (Lipinski definition) is 2. The number of benzene rings is 3. The monoisotopic (exact) mass is 387 g/mol. The Balaban J connectivity index is 1.63. The largest absolute Gasteiger partial charge is 0.359 e. The van der Waals surface area contributed by atoms with Crippen molar-refractivity contribution >= 4 is 27.5 Å². The number of pyridine rings is 1. The Labute approximate surface area is 164 Å². The highest BCUT2D eigenvalue weighted by atomic mass is 19.2. The second kappa shape index (κ2) is 6.60. The van der Waals surface area contributed by atoms with Gasteiger partial charge in [-0.05, 0) is 35.4 Å². The van der Waals surface area contributed by atoms with Gasteiger partial charge in [0.1, 0.15) is 0 Å². The summed E-state index contributed by atoms with van der Waals surface area (Å²) in [6.07, 6.45) is 1.58. The van der Waals surface area contributed by atoms with Crippen LogP contribution in [0.5, 0.6) is 0 Å². The van der Waals surface area contributed by atoms with Crippen LogP contribution in [0.15, 0.2) is 83.8 Å². The van der Waals surface area contributed by atoms with Gasteiger partial charge in [0.2, 0.25) is 0 Å². The molecular weight excluding hydrogens is 372 g/mol. The summed E-state index contributed by atoms with van der Waals surface area (Å²) >= 11 is 0. The summed E-state index contributed by atoms with van der Waals surface area (Å²) in [4.78, 5) is 15.4. The average molecular weight is 387 g/mol. The first kappa shape index (κ1) is 17.2. The fraction of sp³-hybridized carbons (Fsp3) is 0. The number of anilines is 1. The molecule has 0 bridgehead atoms. The molecule has 0 aliphatic carbocycles. The van der Waals surface area contributed by atoms with Crippen molar-refractivity contribution in [3.63, 3.8) is 0 Å². The minimum absolute atomic E-state index is 0.262. The van der Waals surface area contributed by atoms with Crippen LogP contribution in [0.4, 0.5) is 14.5 Å². The molecule has 0 saturated carbocycles. The maximum Gasteiger partial charge on any atom is 0.269 e. The summed E-state index contributed by atoms with van der Waals surface area (Å²) in [5.41, 5.74) is 6.46. The molecule has 0 aliphatic rings. The Morgan fingerprint density at radius 2 is 1.62 bits per heavy atom. The van der Waals surface area contributed by atoms with Crippen molar-refractivity contribution in [1.82, 2.24) is 9.66 Å². The third kappa shape index (κ3) is 2.95. The third-order valence-corrected chi connectivity index (χ3v) is 4.96. The molecule has 2 aromatic heterocycles.